The first-order chi connectivity index (χ1) is 24.1. The molecule has 0 atom stereocenters. The molecule has 0 N–H and O–H groups in total. The van der Waals surface area contributed by atoms with Gasteiger partial charge in [-0.2, -0.15) is 0 Å². The number of pyridine rings is 4. The molecule has 1 aromatic carbocycles. The summed E-state index contributed by atoms with van der Waals surface area (Å²) in [5.41, 5.74) is 3.84. The van der Waals surface area contributed by atoms with Crippen LogP contribution >= 0.6 is 0 Å². The van der Waals surface area contributed by atoms with Crippen LogP contribution in [0.25, 0.3) is 11.4 Å². The molecule has 0 unspecified atom stereocenters. The molecular weight excluding hydrogens is 783 g/mol. The average Bonchev–Trinajstić information content (AvgIpc) is 3.11. The van der Waals surface area contributed by atoms with Crippen LogP contribution in [0.1, 0.15) is 0 Å². The normalized spacial score (nSPS) is 9.00. The van der Waals surface area contributed by atoms with Crippen LogP contribution in [-0.2, 0) is 54.3 Å². The largest absolute Gasteiger partial charge is 2.00 e. The van der Waals surface area contributed by atoms with E-state index in [9.17, 15) is 14.0 Å². The summed E-state index contributed by atoms with van der Waals surface area (Å²) in [5, 5.41) is 16.9. The third-order valence-corrected chi connectivity index (χ3v) is 6.13. The quantitative estimate of drug-likeness (QED) is 0.0757. The summed E-state index contributed by atoms with van der Waals surface area (Å²) in [5.74, 6) is 1.87. The molecule has 0 spiro atoms. The molecule has 0 saturated heterocycles. The molecule has 4 aromatic heterocycles. The van der Waals surface area contributed by atoms with Gasteiger partial charge in [0, 0.05) is 94.3 Å². The second-order valence-corrected chi connectivity index (χ2v) is 10.1. The minimum absolute atomic E-state index is 0. The van der Waals surface area contributed by atoms with Crippen LogP contribution < -0.4 is 24.2 Å². The maximum Gasteiger partial charge on any atom is 2.00 e. The Morgan fingerprint density at radius 3 is 1.35 bits per heavy atom. The van der Waals surface area contributed by atoms with Gasteiger partial charge in [0.25, 0.3) is 12.9 Å². The Morgan fingerprint density at radius 2 is 1.00 bits per heavy atom. The maximum atomic E-state index is 13.4. The number of carbonyl (C=O) groups excluding carboxylic acids is 2. The molecule has 4 heterocycles. The van der Waals surface area contributed by atoms with Gasteiger partial charge in [0.2, 0.25) is 0 Å². The van der Waals surface area contributed by atoms with E-state index < -0.39 is 0 Å². The smallest absolute Gasteiger partial charge is 0.696 e. The number of aromatic nitrogens is 4. The summed E-state index contributed by atoms with van der Waals surface area (Å²) >= 11 is 7.40. The van der Waals surface area contributed by atoms with Gasteiger partial charge < -0.3 is 44.5 Å². The van der Waals surface area contributed by atoms with Gasteiger partial charge in [-0.05, 0) is 48.5 Å². The Kier molecular flexibility index (Phi) is 19.9. The number of ether oxygens (including phenoxy) is 2. The average molecular weight is 813 g/mol. The third kappa shape index (κ3) is 14.3. The molecule has 0 aliphatic rings. The Hall–Kier alpha value is -5.87. The number of nitriles is 2. The Labute approximate surface area is 318 Å². The van der Waals surface area contributed by atoms with E-state index in [1.165, 1.54) is 35.3 Å². The molecular formula is C34H30FN9O4RuS2. The summed E-state index contributed by atoms with van der Waals surface area (Å²) in [6.45, 7) is 0.664. The zero-order valence-electron chi connectivity index (χ0n) is 27.6. The van der Waals surface area contributed by atoms with Crippen LogP contribution in [-0.4, -0.2) is 61.1 Å². The second-order valence-electron chi connectivity index (χ2n) is 9.71. The Balaban J connectivity index is 0.000000454. The molecule has 13 nitrogen and oxygen atoms in total. The van der Waals surface area contributed by atoms with Crippen molar-refractivity contribution in [2.24, 2.45) is 0 Å². The van der Waals surface area contributed by atoms with Gasteiger partial charge in [0.15, 0.2) is 0 Å². The fourth-order valence-electron chi connectivity index (χ4n) is 3.95. The van der Waals surface area contributed by atoms with Crippen LogP contribution in [0.4, 0.5) is 33.1 Å². The molecule has 0 fully saturated rings. The molecule has 0 amide bonds. The van der Waals surface area contributed by atoms with E-state index in [4.69, 9.17) is 20.0 Å². The van der Waals surface area contributed by atoms with Gasteiger partial charge >= 0.3 is 19.5 Å². The van der Waals surface area contributed by atoms with E-state index in [0.29, 0.717) is 47.5 Å². The zero-order valence-corrected chi connectivity index (χ0v) is 31.0. The minimum atomic E-state index is -0.279. The van der Waals surface area contributed by atoms with E-state index >= 15 is 0 Å². The van der Waals surface area contributed by atoms with Crippen LogP contribution in [0.2, 0.25) is 0 Å². The van der Waals surface area contributed by atoms with Crippen molar-refractivity contribution in [1.82, 2.24) is 19.9 Å². The van der Waals surface area contributed by atoms with E-state index in [1.807, 2.05) is 67.2 Å². The van der Waals surface area contributed by atoms with Crippen molar-refractivity contribution in [3.05, 3.63) is 103 Å². The van der Waals surface area contributed by atoms with Gasteiger partial charge in [-0.25, -0.2) is 24.9 Å². The summed E-state index contributed by atoms with van der Waals surface area (Å²) in [6, 6.07) is 20.4. The second kappa shape index (κ2) is 23.5. The van der Waals surface area contributed by atoms with E-state index in [2.05, 4.69) is 45.2 Å². The number of halogens is 1. The molecule has 0 saturated carbocycles. The molecule has 0 aliphatic carbocycles. The first-order valence-corrected chi connectivity index (χ1v) is 14.9. The standard InChI is InChI=1S/C20H22FN5.C12H8N2O4.2CHNS.Ru/c1-24(2)17-9-11-22-19(13-17)26(16-7-5-15(21)6-8-16)20-14-18(25(3)4)10-12-23-20;15-7-17-9-1-3-13-11(5-9)12-6-10(18-8-16)2-4-14-12;2*2-1-3;/h5-14H,1-4H3;1-8H;2*3H;/q;;;;+2/p-2. The third-order valence-electron chi connectivity index (χ3n) is 6.13. The molecule has 5 aromatic rings. The first-order valence-electron chi connectivity index (χ1n) is 14.1. The fraction of sp³-hybridized carbons (Fsp3) is 0.118. The van der Waals surface area contributed by atoms with E-state index in [0.717, 1.165) is 17.1 Å². The van der Waals surface area contributed by atoms with E-state index in [-0.39, 0.29) is 25.3 Å². The van der Waals surface area contributed by atoms with Crippen LogP contribution in [0.5, 0.6) is 11.5 Å². The molecule has 0 bridgehead atoms. The van der Waals surface area contributed by atoms with Gasteiger partial charge in [-0.1, -0.05) is 10.8 Å². The summed E-state index contributed by atoms with van der Waals surface area (Å²) in [7, 11) is 7.91. The molecule has 0 aliphatic heterocycles. The van der Waals surface area contributed by atoms with Crippen LogP contribution in [0, 0.1) is 27.1 Å². The predicted molar refractivity (Wildman–Crippen MR) is 192 cm³/mol. The summed E-state index contributed by atoms with van der Waals surface area (Å²) in [6.07, 6.45) is 6.50. The van der Waals surface area contributed by atoms with Gasteiger partial charge in [0.05, 0.1) is 11.4 Å². The molecule has 17 heteroatoms. The summed E-state index contributed by atoms with van der Waals surface area (Å²) in [4.78, 5) is 43.7. The van der Waals surface area contributed by atoms with Crippen molar-refractivity contribution in [2.45, 2.75) is 0 Å². The van der Waals surface area contributed by atoms with Crippen molar-refractivity contribution < 1.29 is 42.9 Å². The molecule has 51 heavy (non-hydrogen) atoms. The number of carbonyl (C=O) groups is 2. The molecule has 0 radical (unpaired) electrons. The minimum Gasteiger partial charge on any atom is -0.696 e. The van der Waals surface area contributed by atoms with Crippen molar-refractivity contribution in [3.8, 4) is 33.7 Å². The topological polar surface area (TPSA) is 161 Å². The van der Waals surface area contributed by atoms with Gasteiger partial charge in [-0.3, -0.25) is 24.5 Å². The SMILES string of the molecule is CN(C)c1ccnc(N(c2ccc(F)cc2)c2cc(N(C)C)ccn2)c1.N#C[S-].N#C[S-].O=COc1ccnc(-c2cc(OC=O)ccn2)c1.[Ru+2]. The Bertz CT molecular complexity index is 1800. The van der Waals surface area contributed by atoms with Crippen molar-refractivity contribution in [2.75, 3.05) is 42.9 Å². The first kappa shape index (κ1) is 43.2. The number of nitrogens with zero attached hydrogens (tertiary/aromatic N) is 9. The summed E-state index contributed by atoms with van der Waals surface area (Å²) < 4.78 is 22.9. The maximum absolute atomic E-state index is 13.4. The van der Waals surface area contributed by atoms with Gasteiger partial charge in [0.1, 0.15) is 29.0 Å². The Morgan fingerprint density at radius 1 is 0.627 bits per heavy atom. The number of hydrogen-bond acceptors (Lipinski definition) is 15. The van der Waals surface area contributed by atoms with Crippen molar-refractivity contribution in [1.29, 1.82) is 10.5 Å². The predicted octanol–water partition coefficient (Wildman–Crippen LogP) is 5.46. The van der Waals surface area contributed by atoms with E-state index in [1.54, 1.807) is 48.8 Å². The number of benzene rings is 1. The number of thiocyanates is 2. The molecule has 262 valence electrons. The monoisotopic (exact) mass is 813 g/mol. The van der Waals surface area contributed by atoms with Crippen molar-refractivity contribution >= 4 is 66.9 Å². The number of rotatable bonds is 10. The van der Waals surface area contributed by atoms with Crippen LogP contribution in [0.3, 0.4) is 0 Å². The molecule has 5 rings (SSSR count). The zero-order chi connectivity index (χ0) is 36.9. The fourth-order valence-corrected chi connectivity index (χ4v) is 3.95. The number of anilines is 5. The van der Waals surface area contributed by atoms with Crippen LogP contribution in [0.15, 0.2) is 97.6 Å². The van der Waals surface area contributed by atoms with Crippen molar-refractivity contribution in [3.63, 3.8) is 0 Å². The van der Waals surface area contributed by atoms with Gasteiger partial charge in [-0.15, -0.1) is 0 Å². The number of hydrogen-bond donors (Lipinski definition) is 0.